The number of alkyl halides is 1. The van der Waals surface area contributed by atoms with Gasteiger partial charge < -0.3 is 4.43 Å². The molecule has 0 rings (SSSR count). The van der Waals surface area contributed by atoms with Crippen molar-refractivity contribution in [2.45, 2.75) is 83.8 Å². The topological polar surface area (TPSA) is 9.23 Å². The minimum Gasteiger partial charge on any atom is -0.417 e. The van der Waals surface area contributed by atoms with Crippen LogP contribution in [0.15, 0.2) is 0 Å². The van der Waals surface area contributed by atoms with E-state index in [9.17, 15) is 0 Å². The highest BCUT2D eigenvalue weighted by Crippen LogP contribution is 2.36. The van der Waals surface area contributed by atoms with E-state index < -0.39 is 8.32 Å². The van der Waals surface area contributed by atoms with Gasteiger partial charge in [0, 0.05) is 6.61 Å². The first-order valence-electron chi connectivity index (χ1n) is 7.51. The molecule has 0 fully saturated rings. The van der Waals surface area contributed by atoms with E-state index in [1.165, 1.54) is 49.4 Å². The lowest BCUT2D eigenvalue weighted by Crippen LogP contribution is -2.40. The highest BCUT2D eigenvalue weighted by Gasteiger charge is 2.36. The van der Waals surface area contributed by atoms with Crippen LogP contribution in [0.25, 0.3) is 0 Å². The van der Waals surface area contributed by atoms with E-state index in [2.05, 4.69) is 56.5 Å². The fourth-order valence-corrected chi connectivity index (χ4v) is 3.25. The Balaban J connectivity index is 3.41. The molecule has 0 aliphatic carbocycles. The summed E-state index contributed by atoms with van der Waals surface area (Å²) in [6.07, 6.45) is 9.64. The van der Waals surface area contributed by atoms with E-state index in [1.54, 1.807) is 0 Å². The maximum atomic E-state index is 6.18. The van der Waals surface area contributed by atoms with Crippen molar-refractivity contribution in [1.82, 2.24) is 0 Å². The Hall–Kier alpha value is 0.907. The Bertz CT molecular complexity index is 199. The van der Waals surface area contributed by atoms with Crippen molar-refractivity contribution in [2.24, 2.45) is 0 Å². The van der Waals surface area contributed by atoms with Gasteiger partial charge in [0.25, 0.3) is 0 Å². The molecule has 0 unspecified atom stereocenters. The molecule has 0 aromatic rings. The van der Waals surface area contributed by atoms with Gasteiger partial charge in [-0.15, -0.1) is 0 Å². The summed E-state index contributed by atoms with van der Waals surface area (Å²) in [6.45, 7) is 12.6. The molecule has 0 heterocycles. The van der Waals surface area contributed by atoms with Crippen LogP contribution in [0, 0.1) is 0 Å². The molecular weight excluding hydrogens is 351 g/mol. The number of unbranched alkanes of at least 4 members (excludes halogenated alkanes) is 6. The molecule has 0 saturated heterocycles. The molecule has 0 aliphatic rings. The van der Waals surface area contributed by atoms with E-state index in [4.69, 9.17) is 4.43 Å². The number of rotatable bonds is 10. The molecule has 0 saturated carbocycles. The zero-order valence-electron chi connectivity index (χ0n) is 13.2. The van der Waals surface area contributed by atoms with Gasteiger partial charge in [0.15, 0.2) is 8.32 Å². The second-order valence-electron chi connectivity index (χ2n) is 6.77. The summed E-state index contributed by atoms with van der Waals surface area (Å²) < 4.78 is 7.49. The summed E-state index contributed by atoms with van der Waals surface area (Å²) in [5.41, 5.74) is 0. The van der Waals surface area contributed by atoms with Crippen molar-refractivity contribution in [3.8, 4) is 0 Å². The molecule has 0 N–H and O–H groups in total. The Morgan fingerprint density at radius 3 is 1.72 bits per heavy atom. The van der Waals surface area contributed by atoms with E-state index >= 15 is 0 Å². The largest absolute Gasteiger partial charge is 0.417 e. The van der Waals surface area contributed by atoms with E-state index in [-0.39, 0.29) is 0 Å². The summed E-state index contributed by atoms with van der Waals surface area (Å²) in [5, 5.41) is 0.354. The Labute approximate surface area is 130 Å². The molecule has 18 heavy (non-hydrogen) atoms. The SMILES string of the molecule is CC(C)(C)[Si](C)(C)OCCCCCCCCCI. The maximum Gasteiger partial charge on any atom is 0.191 e. The molecule has 0 radical (unpaired) electrons. The quantitative estimate of drug-likeness (QED) is 0.189. The standard InChI is InChI=1S/C15H33IOSi/c1-15(2,3)18(4,5)17-14-12-10-8-6-7-9-11-13-16/h6-14H2,1-5H3. The van der Waals surface area contributed by atoms with Crippen molar-refractivity contribution >= 4 is 30.9 Å². The van der Waals surface area contributed by atoms with Gasteiger partial charge in [-0.2, -0.15) is 0 Å². The second-order valence-corrected chi connectivity index (χ2v) is 12.7. The third-order valence-corrected chi connectivity index (χ3v) is 9.35. The molecule has 3 heteroatoms. The van der Waals surface area contributed by atoms with Crippen LogP contribution < -0.4 is 0 Å². The molecule has 0 atom stereocenters. The van der Waals surface area contributed by atoms with Crippen LogP contribution in [0.2, 0.25) is 18.1 Å². The van der Waals surface area contributed by atoms with Crippen molar-refractivity contribution in [3.63, 3.8) is 0 Å². The molecule has 0 amide bonds. The van der Waals surface area contributed by atoms with Gasteiger partial charge in [0.1, 0.15) is 0 Å². The first-order chi connectivity index (χ1) is 8.31. The van der Waals surface area contributed by atoms with E-state index in [0.29, 0.717) is 5.04 Å². The summed E-state index contributed by atoms with van der Waals surface area (Å²) in [6, 6.07) is 0. The van der Waals surface area contributed by atoms with Crippen molar-refractivity contribution in [3.05, 3.63) is 0 Å². The average Bonchev–Trinajstić information content (AvgIpc) is 2.25. The molecule has 1 nitrogen and oxygen atoms in total. The highest BCUT2D eigenvalue weighted by molar-refractivity contribution is 14.1. The zero-order valence-corrected chi connectivity index (χ0v) is 16.3. The first kappa shape index (κ1) is 18.9. The summed E-state index contributed by atoms with van der Waals surface area (Å²) in [7, 11) is -1.49. The monoisotopic (exact) mass is 384 g/mol. The number of hydrogen-bond donors (Lipinski definition) is 0. The molecule has 0 spiro atoms. The van der Waals surface area contributed by atoms with Gasteiger partial charge >= 0.3 is 0 Å². The van der Waals surface area contributed by atoms with Crippen molar-refractivity contribution < 1.29 is 4.43 Å². The van der Waals surface area contributed by atoms with Gasteiger partial charge in [0.2, 0.25) is 0 Å². The van der Waals surface area contributed by atoms with Crippen LogP contribution in [0.5, 0.6) is 0 Å². The smallest absolute Gasteiger partial charge is 0.191 e. The van der Waals surface area contributed by atoms with E-state index in [1.807, 2.05) is 0 Å². The van der Waals surface area contributed by atoms with Crippen LogP contribution in [0.3, 0.4) is 0 Å². The fourth-order valence-electron chi connectivity index (χ4n) is 1.62. The van der Waals surface area contributed by atoms with Crippen LogP contribution >= 0.6 is 22.6 Å². The molecule has 0 aliphatic heterocycles. The molecule has 0 aromatic carbocycles. The lowest BCUT2D eigenvalue weighted by Gasteiger charge is -2.36. The van der Waals surface area contributed by atoms with Gasteiger partial charge in [-0.1, -0.05) is 75.5 Å². The van der Waals surface area contributed by atoms with Crippen LogP contribution in [-0.2, 0) is 4.43 Å². The maximum absolute atomic E-state index is 6.18. The highest BCUT2D eigenvalue weighted by atomic mass is 127. The summed E-state index contributed by atoms with van der Waals surface area (Å²) in [5.74, 6) is 0. The summed E-state index contributed by atoms with van der Waals surface area (Å²) in [4.78, 5) is 0. The fraction of sp³-hybridized carbons (Fsp3) is 1.00. The lowest BCUT2D eigenvalue weighted by atomic mass is 10.1. The molecule has 110 valence electrons. The molecule has 0 bridgehead atoms. The van der Waals surface area contributed by atoms with Crippen LogP contribution in [-0.4, -0.2) is 19.4 Å². The third-order valence-electron chi connectivity index (χ3n) is 4.05. The Kier molecular flexibility index (Phi) is 10.2. The van der Waals surface area contributed by atoms with Gasteiger partial charge in [-0.25, -0.2) is 0 Å². The van der Waals surface area contributed by atoms with E-state index in [0.717, 1.165) is 6.61 Å². The Morgan fingerprint density at radius 1 is 0.833 bits per heavy atom. The second kappa shape index (κ2) is 9.75. The molecular formula is C15H33IOSi. The Morgan fingerprint density at radius 2 is 1.28 bits per heavy atom. The predicted octanol–water partition coefficient (Wildman–Crippen LogP) is 6.17. The lowest BCUT2D eigenvalue weighted by molar-refractivity contribution is 0.277. The van der Waals surface area contributed by atoms with Crippen LogP contribution in [0.4, 0.5) is 0 Å². The van der Waals surface area contributed by atoms with Gasteiger partial charge in [0.05, 0.1) is 0 Å². The molecule has 0 aromatic heterocycles. The van der Waals surface area contributed by atoms with Crippen molar-refractivity contribution in [1.29, 1.82) is 0 Å². The first-order valence-corrected chi connectivity index (χ1v) is 11.9. The minimum atomic E-state index is -1.49. The van der Waals surface area contributed by atoms with Gasteiger partial charge in [-0.05, 0) is 35.4 Å². The van der Waals surface area contributed by atoms with Crippen LogP contribution in [0.1, 0.15) is 65.7 Å². The summed E-state index contributed by atoms with van der Waals surface area (Å²) >= 11 is 2.47. The van der Waals surface area contributed by atoms with Gasteiger partial charge in [-0.3, -0.25) is 0 Å². The van der Waals surface area contributed by atoms with Crippen molar-refractivity contribution in [2.75, 3.05) is 11.0 Å². The number of hydrogen-bond acceptors (Lipinski definition) is 1. The minimum absolute atomic E-state index is 0.354. The average molecular weight is 384 g/mol. The third kappa shape index (κ3) is 8.91. The zero-order chi connectivity index (χ0) is 14.1. The number of halogens is 1. The predicted molar refractivity (Wildman–Crippen MR) is 94.4 cm³/mol. The normalized spacial score (nSPS) is 13.0.